The van der Waals surface area contributed by atoms with Crippen molar-refractivity contribution in [3.63, 3.8) is 0 Å². The number of hydrogen-bond acceptors (Lipinski definition) is 2. The van der Waals surface area contributed by atoms with Crippen molar-refractivity contribution in [2.75, 3.05) is 0 Å². The molecule has 0 radical (unpaired) electrons. The van der Waals surface area contributed by atoms with Crippen LogP contribution in [0.15, 0.2) is 0 Å². The van der Waals surface area contributed by atoms with Crippen molar-refractivity contribution in [1.82, 2.24) is 0 Å². The second-order valence-corrected chi connectivity index (χ2v) is 3.33. The Morgan fingerprint density at radius 3 is 2.42 bits per heavy atom. The number of aliphatic hydroxyl groups is 2. The summed E-state index contributed by atoms with van der Waals surface area (Å²) >= 11 is 0. The van der Waals surface area contributed by atoms with E-state index in [0.717, 1.165) is 19.3 Å². The SMILES string of the molecule is CCCCC(C)C#CC(C)(O)O. The van der Waals surface area contributed by atoms with Gasteiger partial charge in [0.05, 0.1) is 0 Å². The van der Waals surface area contributed by atoms with Crippen molar-refractivity contribution >= 4 is 0 Å². The summed E-state index contributed by atoms with van der Waals surface area (Å²) < 4.78 is 0. The summed E-state index contributed by atoms with van der Waals surface area (Å²) in [6, 6.07) is 0. The van der Waals surface area contributed by atoms with Crippen molar-refractivity contribution in [1.29, 1.82) is 0 Å². The van der Waals surface area contributed by atoms with Gasteiger partial charge < -0.3 is 10.2 Å². The molecule has 12 heavy (non-hydrogen) atoms. The van der Waals surface area contributed by atoms with E-state index in [1.54, 1.807) is 0 Å². The van der Waals surface area contributed by atoms with Crippen LogP contribution >= 0.6 is 0 Å². The molecule has 2 nitrogen and oxygen atoms in total. The summed E-state index contributed by atoms with van der Waals surface area (Å²) in [6.45, 7) is 5.39. The van der Waals surface area contributed by atoms with Gasteiger partial charge in [-0.05, 0) is 12.3 Å². The molecule has 1 atom stereocenters. The summed E-state index contributed by atoms with van der Waals surface area (Å²) in [4.78, 5) is 0. The van der Waals surface area contributed by atoms with Crippen molar-refractivity contribution in [2.24, 2.45) is 5.92 Å². The molecule has 0 bridgehead atoms. The quantitative estimate of drug-likeness (QED) is 0.498. The zero-order valence-corrected chi connectivity index (χ0v) is 8.09. The van der Waals surface area contributed by atoms with E-state index in [1.165, 1.54) is 6.92 Å². The zero-order chi connectivity index (χ0) is 9.61. The van der Waals surface area contributed by atoms with Gasteiger partial charge in [0.2, 0.25) is 5.79 Å². The maximum Gasteiger partial charge on any atom is 0.225 e. The first-order valence-electron chi connectivity index (χ1n) is 4.43. The molecule has 0 aliphatic carbocycles. The summed E-state index contributed by atoms with van der Waals surface area (Å²) in [5, 5.41) is 17.7. The fourth-order valence-corrected chi connectivity index (χ4v) is 0.842. The Labute approximate surface area is 74.6 Å². The minimum atomic E-state index is -1.83. The van der Waals surface area contributed by atoms with Crippen LogP contribution in [0.5, 0.6) is 0 Å². The minimum absolute atomic E-state index is 0.253. The number of hydrogen-bond donors (Lipinski definition) is 2. The third-order valence-corrected chi connectivity index (χ3v) is 1.55. The average molecular weight is 170 g/mol. The Hall–Kier alpha value is -0.520. The number of rotatable bonds is 3. The maximum atomic E-state index is 8.87. The molecule has 0 saturated carbocycles. The third-order valence-electron chi connectivity index (χ3n) is 1.55. The lowest BCUT2D eigenvalue weighted by Crippen LogP contribution is -2.19. The van der Waals surface area contributed by atoms with Crippen LogP contribution in [0.3, 0.4) is 0 Å². The predicted molar refractivity (Wildman–Crippen MR) is 49.3 cm³/mol. The second kappa shape index (κ2) is 5.18. The summed E-state index contributed by atoms with van der Waals surface area (Å²) in [5.74, 6) is 3.62. The lowest BCUT2D eigenvalue weighted by atomic mass is 10.0. The summed E-state index contributed by atoms with van der Waals surface area (Å²) in [7, 11) is 0. The van der Waals surface area contributed by atoms with E-state index in [9.17, 15) is 0 Å². The molecule has 0 heterocycles. The third kappa shape index (κ3) is 7.59. The molecule has 0 amide bonds. The summed E-state index contributed by atoms with van der Waals surface area (Å²) in [6.07, 6.45) is 3.32. The van der Waals surface area contributed by atoms with Gasteiger partial charge in [0.25, 0.3) is 0 Å². The molecule has 70 valence electrons. The van der Waals surface area contributed by atoms with Gasteiger partial charge in [-0.2, -0.15) is 0 Å². The smallest absolute Gasteiger partial charge is 0.225 e. The number of unbranched alkanes of at least 4 members (excludes halogenated alkanes) is 1. The van der Waals surface area contributed by atoms with Gasteiger partial charge in [0, 0.05) is 12.8 Å². The normalized spacial score (nSPS) is 13.4. The molecule has 0 fully saturated rings. The van der Waals surface area contributed by atoms with Gasteiger partial charge in [-0.15, -0.1) is 0 Å². The van der Waals surface area contributed by atoms with Gasteiger partial charge >= 0.3 is 0 Å². The van der Waals surface area contributed by atoms with E-state index in [1.807, 2.05) is 6.92 Å². The summed E-state index contributed by atoms with van der Waals surface area (Å²) in [5.41, 5.74) is 0. The lowest BCUT2D eigenvalue weighted by Gasteiger charge is -2.06. The zero-order valence-electron chi connectivity index (χ0n) is 8.09. The molecule has 0 spiro atoms. The Kier molecular flexibility index (Phi) is 4.96. The van der Waals surface area contributed by atoms with E-state index in [4.69, 9.17) is 10.2 Å². The van der Waals surface area contributed by atoms with Crippen molar-refractivity contribution in [3.8, 4) is 11.8 Å². The second-order valence-electron chi connectivity index (χ2n) is 3.33. The van der Waals surface area contributed by atoms with Gasteiger partial charge in [0.15, 0.2) is 0 Å². The molecular weight excluding hydrogens is 152 g/mol. The van der Waals surface area contributed by atoms with Crippen LogP contribution in [0.2, 0.25) is 0 Å². The molecule has 2 heteroatoms. The van der Waals surface area contributed by atoms with Crippen LogP contribution in [0.1, 0.15) is 40.0 Å². The van der Waals surface area contributed by atoms with Gasteiger partial charge in [-0.25, -0.2) is 0 Å². The Morgan fingerprint density at radius 1 is 1.42 bits per heavy atom. The van der Waals surface area contributed by atoms with E-state index >= 15 is 0 Å². The average Bonchev–Trinajstić information content (AvgIpc) is 1.95. The fourth-order valence-electron chi connectivity index (χ4n) is 0.842. The Balaban J connectivity index is 3.79. The first-order valence-corrected chi connectivity index (χ1v) is 4.43. The van der Waals surface area contributed by atoms with Crippen molar-refractivity contribution < 1.29 is 10.2 Å². The first-order chi connectivity index (χ1) is 5.45. The monoisotopic (exact) mass is 170 g/mol. The van der Waals surface area contributed by atoms with E-state index in [0.29, 0.717) is 0 Å². The Morgan fingerprint density at radius 2 is 2.00 bits per heavy atom. The highest BCUT2D eigenvalue weighted by Gasteiger charge is 2.08. The largest absolute Gasteiger partial charge is 0.356 e. The maximum absolute atomic E-state index is 8.87. The van der Waals surface area contributed by atoms with Crippen LogP contribution in [0, 0.1) is 17.8 Å². The van der Waals surface area contributed by atoms with E-state index in [2.05, 4.69) is 18.8 Å². The molecular formula is C10H18O2. The molecule has 2 N–H and O–H groups in total. The molecule has 1 unspecified atom stereocenters. The molecule has 0 aromatic heterocycles. The predicted octanol–water partition coefficient (Wildman–Crippen LogP) is 1.52. The molecule has 0 aliphatic heterocycles. The van der Waals surface area contributed by atoms with Crippen LogP contribution in [-0.4, -0.2) is 16.0 Å². The van der Waals surface area contributed by atoms with Crippen LogP contribution in [-0.2, 0) is 0 Å². The standard InChI is InChI=1S/C10H18O2/c1-4-5-6-9(2)7-8-10(3,11)12/h9,11-12H,4-6H2,1-3H3. The molecule has 0 aliphatic rings. The van der Waals surface area contributed by atoms with Gasteiger partial charge in [-0.1, -0.05) is 32.6 Å². The van der Waals surface area contributed by atoms with Crippen molar-refractivity contribution in [3.05, 3.63) is 0 Å². The molecule has 0 aromatic carbocycles. The molecule has 0 saturated heterocycles. The highest BCUT2D eigenvalue weighted by molar-refractivity contribution is 5.09. The van der Waals surface area contributed by atoms with E-state index < -0.39 is 5.79 Å². The highest BCUT2D eigenvalue weighted by Crippen LogP contribution is 2.06. The van der Waals surface area contributed by atoms with E-state index in [-0.39, 0.29) is 5.92 Å². The minimum Gasteiger partial charge on any atom is -0.356 e. The Bertz CT molecular complexity index is 169. The van der Waals surface area contributed by atoms with Gasteiger partial charge in [0.1, 0.15) is 0 Å². The molecule has 0 aromatic rings. The van der Waals surface area contributed by atoms with Crippen LogP contribution < -0.4 is 0 Å². The van der Waals surface area contributed by atoms with Crippen LogP contribution in [0.4, 0.5) is 0 Å². The first kappa shape index (κ1) is 11.5. The topological polar surface area (TPSA) is 40.5 Å². The van der Waals surface area contributed by atoms with Crippen molar-refractivity contribution in [2.45, 2.75) is 45.8 Å². The fraction of sp³-hybridized carbons (Fsp3) is 0.800. The lowest BCUT2D eigenvalue weighted by molar-refractivity contribution is -0.0916. The molecule has 0 rings (SSSR count). The van der Waals surface area contributed by atoms with Gasteiger partial charge in [-0.3, -0.25) is 0 Å². The highest BCUT2D eigenvalue weighted by atomic mass is 16.5. The van der Waals surface area contributed by atoms with Crippen LogP contribution in [0.25, 0.3) is 0 Å².